The molecule has 7 heteroatoms. The summed E-state index contributed by atoms with van der Waals surface area (Å²) in [7, 11) is 5.10. The van der Waals surface area contributed by atoms with Gasteiger partial charge in [-0.05, 0) is 36.6 Å². The first kappa shape index (κ1) is 23.8. The Labute approximate surface area is 200 Å². The highest BCUT2D eigenvalue weighted by molar-refractivity contribution is 5.89. The Balaban J connectivity index is 1.86. The molecule has 0 N–H and O–H groups in total. The van der Waals surface area contributed by atoms with Crippen molar-refractivity contribution in [2.24, 2.45) is 7.05 Å². The number of hydrogen-bond acceptors (Lipinski definition) is 6. The number of methoxy groups -OCH3 is 2. The maximum atomic E-state index is 13.2. The van der Waals surface area contributed by atoms with Crippen molar-refractivity contribution in [3.8, 4) is 5.75 Å². The third-order valence-corrected chi connectivity index (χ3v) is 6.69. The summed E-state index contributed by atoms with van der Waals surface area (Å²) in [6.45, 7) is 2.72. The van der Waals surface area contributed by atoms with E-state index in [9.17, 15) is 9.59 Å². The van der Waals surface area contributed by atoms with Gasteiger partial charge in [0.05, 0.1) is 32.4 Å². The predicted octanol–water partition coefficient (Wildman–Crippen LogP) is 4.17. The first-order chi connectivity index (χ1) is 16.5. The zero-order valence-corrected chi connectivity index (χ0v) is 20.2. The molecule has 2 atom stereocenters. The summed E-state index contributed by atoms with van der Waals surface area (Å²) in [5.41, 5.74) is 4.38. The lowest BCUT2D eigenvalue weighted by molar-refractivity contribution is -0.151. The molecule has 1 aromatic heterocycles. The molecule has 0 saturated heterocycles. The Kier molecular flexibility index (Phi) is 7.22. The van der Waals surface area contributed by atoms with Crippen LogP contribution in [0.3, 0.4) is 0 Å². The van der Waals surface area contributed by atoms with Crippen molar-refractivity contribution >= 4 is 22.8 Å². The maximum absolute atomic E-state index is 13.2. The van der Waals surface area contributed by atoms with Crippen LogP contribution in [-0.4, -0.2) is 48.3 Å². The summed E-state index contributed by atoms with van der Waals surface area (Å²) in [5, 5.41) is 1.09. The Morgan fingerprint density at radius 3 is 2.53 bits per heavy atom. The molecular formula is C27H32N2O5. The molecule has 0 fully saturated rings. The standard InChI is InChI=1S/C27H32N2O5/c1-5-34-27(31)24-16-21-20-12-11-19(32-3)15-23(20)28(2)26(21)22(13-14-25(30)33-4)29(24)17-18-9-7-6-8-10-18/h6-12,15,22,24H,5,13-14,16-17H2,1-4H3/t22-,24-/m1/s1. The number of aromatic nitrogens is 1. The van der Waals surface area contributed by atoms with Crippen molar-refractivity contribution in [2.45, 2.75) is 44.8 Å². The van der Waals surface area contributed by atoms with E-state index in [2.05, 4.69) is 27.7 Å². The Hall–Kier alpha value is -3.32. The van der Waals surface area contributed by atoms with Gasteiger partial charge in [-0.3, -0.25) is 14.5 Å². The number of esters is 2. The zero-order valence-electron chi connectivity index (χ0n) is 20.2. The van der Waals surface area contributed by atoms with Crippen LogP contribution in [-0.2, 0) is 39.1 Å². The summed E-state index contributed by atoms with van der Waals surface area (Å²) in [6.07, 6.45) is 1.33. The molecule has 0 amide bonds. The van der Waals surface area contributed by atoms with Crippen LogP contribution in [0, 0.1) is 0 Å². The predicted molar refractivity (Wildman–Crippen MR) is 130 cm³/mol. The molecule has 2 heterocycles. The lowest BCUT2D eigenvalue weighted by Gasteiger charge is -2.41. The highest BCUT2D eigenvalue weighted by Gasteiger charge is 2.41. The average Bonchev–Trinajstić information content (AvgIpc) is 3.14. The number of ether oxygens (including phenoxy) is 3. The number of nitrogens with zero attached hydrogens (tertiary/aromatic N) is 2. The van der Waals surface area contributed by atoms with Gasteiger partial charge in [-0.1, -0.05) is 30.3 Å². The van der Waals surface area contributed by atoms with Crippen LogP contribution in [0.15, 0.2) is 48.5 Å². The molecule has 7 nitrogen and oxygen atoms in total. The summed E-state index contributed by atoms with van der Waals surface area (Å²) in [4.78, 5) is 27.5. The van der Waals surface area contributed by atoms with E-state index in [1.54, 1.807) is 7.11 Å². The number of rotatable bonds is 8. The third kappa shape index (κ3) is 4.53. The lowest BCUT2D eigenvalue weighted by atomic mass is 9.88. The van der Waals surface area contributed by atoms with E-state index < -0.39 is 6.04 Å². The number of hydrogen-bond donors (Lipinski definition) is 0. The van der Waals surface area contributed by atoms with Crippen LogP contribution < -0.4 is 4.74 Å². The fourth-order valence-electron chi connectivity index (χ4n) is 5.10. The van der Waals surface area contributed by atoms with Gasteiger partial charge in [0.25, 0.3) is 0 Å². The lowest BCUT2D eigenvalue weighted by Crippen LogP contribution is -2.49. The molecule has 0 aliphatic carbocycles. The molecule has 0 unspecified atom stereocenters. The van der Waals surface area contributed by atoms with Crippen LogP contribution in [0.5, 0.6) is 5.75 Å². The normalized spacial score (nSPS) is 17.9. The van der Waals surface area contributed by atoms with Crippen LogP contribution in [0.4, 0.5) is 0 Å². The molecule has 1 aliphatic heterocycles. The van der Waals surface area contributed by atoms with Gasteiger partial charge in [-0.15, -0.1) is 0 Å². The summed E-state index contributed by atoms with van der Waals surface area (Å²) >= 11 is 0. The number of benzene rings is 2. The Bertz CT molecular complexity index is 1170. The van der Waals surface area contributed by atoms with E-state index in [4.69, 9.17) is 14.2 Å². The van der Waals surface area contributed by atoms with Crippen molar-refractivity contribution in [2.75, 3.05) is 20.8 Å². The topological polar surface area (TPSA) is 70.0 Å². The minimum atomic E-state index is -0.456. The van der Waals surface area contributed by atoms with Crippen molar-refractivity contribution in [1.29, 1.82) is 0 Å². The highest BCUT2D eigenvalue weighted by Crippen LogP contribution is 2.43. The monoisotopic (exact) mass is 464 g/mol. The molecule has 2 aromatic carbocycles. The van der Waals surface area contributed by atoms with E-state index in [1.165, 1.54) is 7.11 Å². The summed E-state index contributed by atoms with van der Waals surface area (Å²) in [5.74, 6) is 0.275. The van der Waals surface area contributed by atoms with Crippen molar-refractivity contribution in [1.82, 2.24) is 9.47 Å². The molecule has 0 bridgehead atoms. The summed E-state index contributed by atoms with van der Waals surface area (Å²) in [6, 6.07) is 15.5. The quantitative estimate of drug-likeness (QED) is 0.466. The van der Waals surface area contributed by atoms with Crippen molar-refractivity contribution in [3.63, 3.8) is 0 Å². The minimum Gasteiger partial charge on any atom is -0.497 e. The SMILES string of the molecule is CCOC(=O)[C@H]1Cc2c(n(C)c3cc(OC)ccc23)[C@@H](CCC(=O)OC)N1Cc1ccccc1. The molecule has 0 spiro atoms. The van der Waals surface area contributed by atoms with Gasteiger partial charge in [0.2, 0.25) is 0 Å². The van der Waals surface area contributed by atoms with E-state index in [-0.39, 0.29) is 24.4 Å². The van der Waals surface area contributed by atoms with Crippen LogP contribution in [0.25, 0.3) is 10.9 Å². The van der Waals surface area contributed by atoms with Crippen LogP contribution >= 0.6 is 0 Å². The van der Waals surface area contributed by atoms with E-state index in [0.717, 1.165) is 33.5 Å². The van der Waals surface area contributed by atoms with E-state index in [0.29, 0.717) is 26.0 Å². The molecule has 3 aromatic rings. The molecule has 1 aliphatic rings. The van der Waals surface area contributed by atoms with Crippen LogP contribution in [0.1, 0.15) is 42.6 Å². The molecule has 0 radical (unpaired) electrons. The second-order valence-electron chi connectivity index (χ2n) is 8.57. The molecular weight excluding hydrogens is 432 g/mol. The largest absolute Gasteiger partial charge is 0.497 e. The number of carbonyl (C=O) groups is 2. The van der Waals surface area contributed by atoms with Gasteiger partial charge in [-0.25, -0.2) is 0 Å². The second-order valence-corrected chi connectivity index (χ2v) is 8.57. The van der Waals surface area contributed by atoms with Crippen molar-refractivity contribution in [3.05, 3.63) is 65.4 Å². The van der Waals surface area contributed by atoms with Crippen molar-refractivity contribution < 1.29 is 23.8 Å². The molecule has 34 heavy (non-hydrogen) atoms. The third-order valence-electron chi connectivity index (χ3n) is 6.69. The van der Waals surface area contributed by atoms with Crippen LogP contribution in [0.2, 0.25) is 0 Å². The summed E-state index contributed by atoms with van der Waals surface area (Å²) < 4.78 is 18.1. The van der Waals surface area contributed by atoms with Gasteiger partial charge in [-0.2, -0.15) is 0 Å². The van der Waals surface area contributed by atoms with Gasteiger partial charge >= 0.3 is 11.9 Å². The van der Waals surface area contributed by atoms with Gasteiger partial charge < -0.3 is 18.8 Å². The fourth-order valence-corrected chi connectivity index (χ4v) is 5.10. The average molecular weight is 465 g/mol. The number of aryl methyl sites for hydroxylation is 1. The Morgan fingerprint density at radius 1 is 1.09 bits per heavy atom. The smallest absolute Gasteiger partial charge is 0.323 e. The Morgan fingerprint density at radius 2 is 1.85 bits per heavy atom. The fraction of sp³-hybridized carbons (Fsp3) is 0.407. The number of carbonyl (C=O) groups excluding carboxylic acids is 2. The molecule has 180 valence electrons. The highest BCUT2D eigenvalue weighted by atomic mass is 16.5. The zero-order chi connectivity index (χ0) is 24.2. The number of fused-ring (bicyclic) bond motifs is 3. The van der Waals surface area contributed by atoms with Gasteiger partial charge in [0, 0.05) is 43.6 Å². The van der Waals surface area contributed by atoms with Gasteiger partial charge in [0.1, 0.15) is 11.8 Å². The van der Waals surface area contributed by atoms with E-state index in [1.807, 2.05) is 44.3 Å². The van der Waals surface area contributed by atoms with E-state index >= 15 is 0 Å². The molecule has 4 rings (SSSR count). The first-order valence-corrected chi connectivity index (χ1v) is 11.7. The minimum absolute atomic E-state index is 0.166. The molecule has 0 saturated carbocycles. The first-order valence-electron chi connectivity index (χ1n) is 11.7. The second kappa shape index (κ2) is 10.3. The van der Waals surface area contributed by atoms with Gasteiger partial charge in [0.15, 0.2) is 0 Å². The maximum Gasteiger partial charge on any atom is 0.323 e.